The summed E-state index contributed by atoms with van der Waals surface area (Å²) >= 11 is 0. The van der Waals surface area contributed by atoms with Gasteiger partial charge in [-0.25, -0.2) is 4.98 Å². The van der Waals surface area contributed by atoms with Crippen LogP contribution in [0.5, 0.6) is 0 Å². The summed E-state index contributed by atoms with van der Waals surface area (Å²) in [4.78, 5) is 26.6. The number of carbonyl (C=O) groups is 1. The molecule has 35 heavy (non-hydrogen) atoms. The van der Waals surface area contributed by atoms with Crippen LogP contribution in [0.1, 0.15) is 43.7 Å². The van der Waals surface area contributed by atoms with E-state index in [1.807, 2.05) is 6.20 Å². The summed E-state index contributed by atoms with van der Waals surface area (Å²) < 4.78 is 7.74. The molecule has 1 amide bonds. The van der Waals surface area contributed by atoms with Crippen LogP contribution in [0.2, 0.25) is 0 Å². The predicted molar refractivity (Wildman–Crippen MR) is 136 cm³/mol. The van der Waals surface area contributed by atoms with E-state index in [0.29, 0.717) is 17.9 Å². The van der Waals surface area contributed by atoms with Crippen molar-refractivity contribution in [1.29, 1.82) is 0 Å². The molecule has 4 heterocycles. The van der Waals surface area contributed by atoms with Gasteiger partial charge < -0.3 is 19.5 Å². The van der Waals surface area contributed by atoms with E-state index < -0.39 is 0 Å². The zero-order valence-corrected chi connectivity index (χ0v) is 20.2. The van der Waals surface area contributed by atoms with Crippen molar-refractivity contribution in [2.75, 3.05) is 44.7 Å². The Morgan fingerprint density at radius 3 is 2.66 bits per heavy atom. The number of likely N-dealkylation sites (tertiary alicyclic amines) is 1. The normalized spacial score (nSPS) is 20.2. The number of hydrogen-bond donors (Lipinski definition) is 1. The molecule has 3 aromatic rings. The average Bonchev–Trinajstić information content (AvgIpc) is 3.27. The smallest absolute Gasteiger partial charge is 0.229 e. The maximum Gasteiger partial charge on any atom is 0.229 e. The highest BCUT2D eigenvalue weighted by Crippen LogP contribution is 2.32. The van der Waals surface area contributed by atoms with Crippen LogP contribution in [0.25, 0.3) is 11.0 Å². The molecule has 2 aromatic heterocycles. The molecule has 3 aliphatic rings. The predicted octanol–water partition coefficient (Wildman–Crippen LogP) is 3.97. The van der Waals surface area contributed by atoms with Crippen molar-refractivity contribution in [3.63, 3.8) is 0 Å². The molecule has 0 bridgehead atoms. The van der Waals surface area contributed by atoms with Crippen LogP contribution < -0.4 is 5.32 Å². The summed E-state index contributed by atoms with van der Waals surface area (Å²) in [6.07, 6.45) is 9.31. The number of benzene rings is 1. The van der Waals surface area contributed by atoms with Crippen molar-refractivity contribution in [3.8, 4) is 0 Å². The molecular formula is C27H34N6O2. The van der Waals surface area contributed by atoms with Crippen molar-refractivity contribution >= 4 is 28.6 Å². The Morgan fingerprint density at radius 2 is 1.89 bits per heavy atom. The zero-order chi connectivity index (χ0) is 23.6. The topological polar surface area (TPSA) is 75.5 Å². The number of rotatable bonds is 6. The second-order valence-electron chi connectivity index (χ2n) is 10.1. The monoisotopic (exact) mass is 474 g/mol. The second kappa shape index (κ2) is 9.95. The van der Waals surface area contributed by atoms with Crippen molar-refractivity contribution in [2.24, 2.45) is 5.92 Å². The van der Waals surface area contributed by atoms with E-state index in [0.717, 1.165) is 88.3 Å². The first kappa shape index (κ1) is 22.5. The third-order valence-electron chi connectivity index (χ3n) is 7.77. The number of amides is 1. The lowest BCUT2D eigenvalue weighted by Gasteiger charge is -2.37. The number of nitrogens with one attached hydrogen (secondary N) is 1. The van der Waals surface area contributed by atoms with Crippen LogP contribution in [-0.2, 0) is 16.1 Å². The third kappa shape index (κ3) is 4.90. The molecule has 2 aliphatic heterocycles. The summed E-state index contributed by atoms with van der Waals surface area (Å²) in [6.45, 7) is 6.16. The van der Waals surface area contributed by atoms with Gasteiger partial charge in [0.25, 0.3) is 0 Å². The lowest BCUT2D eigenvalue weighted by molar-refractivity contribution is -0.139. The molecule has 1 N–H and O–H groups in total. The Morgan fingerprint density at radius 1 is 1.06 bits per heavy atom. The molecule has 3 fully saturated rings. The van der Waals surface area contributed by atoms with Crippen LogP contribution in [0, 0.1) is 5.92 Å². The SMILES string of the molecule is O=C(C1CCC1)N1CCC(n2ccc3cnc(Nc4cccc(CN5CCOCC5)c4)nc32)CC1. The lowest BCUT2D eigenvalue weighted by Crippen LogP contribution is -2.43. The summed E-state index contributed by atoms with van der Waals surface area (Å²) in [5.74, 6) is 1.27. The molecule has 8 heteroatoms. The molecular weight excluding hydrogens is 440 g/mol. The molecule has 1 saturated carbocycles. The number of fused-ring (bicyclic) bond motifs is 1. The van der Waals surface area contributed by atoms with Gasteiger partial charge in [0.2, 0.25) is 11.9 Å². The third-order valence-corrected chi connectivity index (χ3v) is 7.77. The van der Waals surface area contributed by atoms with Crippen LogP contribution in [0.3, 0.4) is 0 Å². The van der Waals surface area contributed by atoms with Crippen LogP contribution >= 0.6 is 0 Å². The van der Waals surface area contributed by atoms with Gasteiger partial charge in [0.15, 0.2) is 0 Å². The Bertz CT molecular complexity index is 1180. The van der Waals surface area contributed by atoms with Gasteiger partial charge in [-0.05, 0) is 49.4 Å². The molecule has 1 aliphatic carbocycles. The fraction of sp³-hybridized carbons (Fsp3) is 0.519. The van der Waals surface area contributed by atoms with Gasteiger partial charge in [0.05, 0.1) is 13.2 Å². The summed E-state index contributed by atoms with van der Waals surface area (Å²) in [6, 6.07) is 10.9. The Hall–Kier alpha value is -2.97. The van der Waals surface area contributed by atoms with Gasteiger partial charge in [-0.15, -0.1) is 0 Å². The number of nitrogens with zero attached hydrogens (tertiary/aromatic N) is 5. The van der Waals surface area contributed by atoms with Gasteiger partial charge in [-0.2, -0.15) is 4.98 Å². The van der Waals surface area contributed by atoms with Gasteiger partial charge >= 0.3 is 0 Å². The first-order valence-electron chi connectivity index (χ1n) is 13.0. The Labute approximate surface area is 206 Å². The Balaban J connectivity index is 1.13. The van der Waals surface area contributed by atoms with Crippen molar-refractivity contribution in [2.45, 2.75) is 44.7 Å². The first-order valence-corrected chi connectivity index (χ1v) is 13.0. The second-order valence-corrected chi connectivity index (χ2v) is 10.1. The minimum absolute atomic E-state index is 0.285. The van der Waals surface area contributed by atoms with Crippen molar-refractivity contribution in [3.05, 3.63) is 48.3 Å². The maximum absolute atomic E-state index is 12.6. The van der Waals surface area contributed by atoms with E-state index in [1.165, 1.54) is 12.0 Å². The molecule has 2 saturated heterocycles. The van der Waals surface area contributed by atoms with Gasteiger partial charge in [0.1, 0.15) is 5.65 Å². The molecule has 0 spiro atoms. The molecule has 0 atom stereocenters. The summed E-state index contributed by atoms with van der Waals surface area (Å²) in [5.41, 5.74) is 3.22. The number of hydrogen-bond acceptors (Lipinski definition) is 6. The van der Waals surface area contributed by atoms with E-state index in [4.69, 9.17) is 9.72 Å². The van der Waals surface area contributed by atoms with Gasteiger partial charge in [0, 0.05) is 68.2 Å². The number of carbonyl (C=O) groups excluding carboxylic acids is 1. The largest absolute Gasteiger partial charge is 0.379 e. The Kier molecular flexibility index (Phi) is 6.39. The fourth-order valence-electron chi connectivity index (χ4n) is 5.46. The maximum atomic E-state index is 12.6. The lowest BCUT2D eigenvalue weighted by atomic mass is 9.84. The number of ether oxygens (including phenoxy) is 1. The van der Waals surface area contributed by atoms with E-state index in [2.05, 4.69) is 61.2 Å². The van der Waals surface area contributed by atoms with Crippen LogP contribution in [-0.4, -0.2) is 69.6 Å². The molecule has 0 radical (unpaired) electrons. The fourth-order valence-corrected chi connectivity index (χ4v) is 5.46. The first-order chi connectivity index (χ1) is 17.2. The van der Waals surface area contributed by atoms with Crippen molar-refractivity contribution < 1.29 is 9.53 Å². The molecule has 6 rings (SSSR count). The zero-order valence-electron chi connectivity index (χ0n) is 20.2. The number of morpholine rings is 1. The van der Waals surface area contributed by atoms with E-state index in [9.17, 15) is 4.79 Å². The highest BCUT2D eigenvalue weighted by Gasteiger charge is 2.32. The highest BCUT2D eigenvalue weighted by atomic mass is 16.5. The number of piperidine rings is 1. The molecule has 1 aromatic carbocycles. The highest BCUT2D eigenvalue weighted by molar-refractivity contribution is 5.80. The minimum Gasteiger partial charge on any atom is -0.379 e. The van der Waals surface area contributed by atoms with Gasteiger partial charge in [-0.1, -0.05) is 18.6 Å². The number of aromatic nitrogens is 3. The average molecular weight is 475 g/mol. The standard InChI is InChI=1S/C27H34N6O2/c34-26(21-4-2-5-21)32-10-8-24(9-11-32)33-12-7-22-18-28-27(30-25(22)33)29-23-6-1-3-20(17-23)19-31-13-15-35-16-14-31/h1,3,6-7,12,17-18,21,24H,2,4-5,8-11,13-16,19H2,(H,28,29,30). The van der Waals surface area contributed by atoms with Crippen LogP contribution in [0.4, 0.5) is 11.6 Å². The van der Waals surface area contributed by atoms with E-state index >= 15 is 0 Å². The van der Waals surface area contributed by atoms with Crippen LogP contribution in [0.15, 0.2) is 42.7 Å². The van der Waals surface area contributed by atoms with E-state index in [-0.39, 0.29) is 5.92 Å². The van der Waals surface area contributed by atoms with Gasteiger partial charge in [-0.3, -0.25) is 9.69 Å². The molecule has 184 valence electrons. The molecule has 8 nitrogen and oxygen atoms in total. The quantitative estimate of drug-likeness (QED) is 0.583. The molecule has 0 unspecified atom stereocenters. The summed E-state index contributed by atoms with van der Waals surface area (Å²) in [5, 5.41) is 4.46. The van der Waals surface area contributed by atoms with Crippen molar-refractivity contribution in [1.82, 2.24) is 24.3 Å². The van der Waals surface area contributed by atoms with E-state index in [1.54, 1.807) is 0 Å². The summed E-state index contributed by atoms with van der Waals surface area (Å²) in [7, 11) is 0. The number of anilines is 2. The minimum atomic E-state index is 0.285.